The first kappa shape index (κ1) is 14.3. The maximum atomic E-state index is 11.8. The summed E-state index contributed by atoms with van der Waals surface area (Å²) in [5.41, 5.74) is -0.226. The summed E-state index contributed by atoms with van der Waals surface area (Å²) in [6.45, 7) is 4.59. The van der Waals surface area contributed by atoms with E-state index < -0.39 is 11.4 Å². The molecule has 1 aromatic carbocycles. The van der Waals surface area contributed by atoms with Crippen molar-refractivity contribution in [2.75, 3.05) is 0 Å². The number of rotatable bonds is 3. The predicted molar refractivity (Wildman–Crippen MR) is 78.9 cm³/mol. The molecule has 0 atom stereocenters. The van der Waals surface area contributed by atoms with Crippen LogP contribution in [0.4, 0.5) is 0 Å². The molecule has 0 saturated carbocycles. The Bertz CT molecular complexity index is 733. The summed E-state index contributed by atoms with van der Waals surface area (Å²) in [7, 11) is 0. The predicted octanol–water partition coefficient (Wildman–Crippen LogP) is 3.42. The highest BCUT2D eigenvalue weighted by Gasteiger charge is 2.13. The van der Waals surface area contributed by atoms with E-state index in [0.717, 1.165) is 6.42 Å². The number of fused-ring (bicyclic) bond motifs is 1. The Morgan fingerprint density at radius 3 is 2.68 bits per heavy atom. The molecule has 0 fully saturated rings. The van der Waals surface area contributed by atoms with Crippen LogP contribution in [-0.2, 0) is 6.54 Å². The van der Waals surface area contributed by atoms with Gasteiger partial charge >= 0.3 is 11.4 Å². The third kappa shape index (κ3) is 2.92. The molecule has 0 amide bonds. The summed E-state index contributed by atoms with van der Waals surface area (Å²) in [6.07, 6.45) is 0.801. The Morgan fingerprint density at radius 1 is 1.37 bits per heavy atom. The number of benzene rings is 1. The van der Waals surface area contributed by atoms with E-state index in [0.29, 0.717) is 32.9 Å². The van der Waals surface area contributed by atoms with Crippen molar-refractivity contribution < 1.29 is 4.42 Å². The van der Waals surface area contributed by atoms with Crippen molar-refractivity contribution in [1.82, 2.24) is 4.57 Å². The van der Waals surface area contributed by atoms with Crippen LogP contribution >= 0.6 is 27.5 Å². The lowest BCUT2D eigenvalue weighted by Crippen LogP contribution is -2.26. The van der Waals surface area contributed by atoms with Gasteiger partial charge in [-0.15, -0.1) is 0 Å². The van der Waals surface area contributed by atoms with E-state index >= 15 is 0 Å². The minimum atomic E-state index is -0.664. The van der Waals surface area contributed by atoms with Crippen LogP contribution in [0.3, 0.4) is 0 Å². The van der Waals surface area contributed by atoms with E-state index in [9.17, 15) is 9.59 Å². The zero-order chi connectivity index (χ0) is 14.2. The summed E-state index contributed by atoms with van der Waals surface area (Å²) in [5, 5.41) is 0.667. The minimum Gasteiger partial charge on any atom is -0.372 e. The molecule has 1 aromatic heterocycles. The first-order valence-corrected chi connectivity index (χ1v) is 7.10. The highest BCUT2D eigenvalue weighted by atomic mass is 79.9. The van der Waals surface area contributed by atoms with Gasteiger partial charge in [0.1, 0.15) is 0 Å². The molecular weight excluding hydrogens is 334 g/mol. The minimum absolute atomic E-state index is 0.308. The maximum Gasteiger partial charge on any atom is 0.422 e. The molecule has 1 heterocycles. The number of nitrogens with zero attached hydrogens (tertiary/aromatic N) is 1. The van der Waals surface area contributed by atoms with E-state index in [-0.39, 0.29) is 0 Å². The maximum absolute atomic E-state index is 11.8. The molecule has 0 spiro atoms. The molecular formula is C13H13BrClNO3. The van der Waals surface area contributed by atoms with E-state index in [4.69, 9.17) is 16.0 Å². The van der Waals surface area contributed by atoms with Gasteiger partial charge in [-0.25, -0.2) is 9.59 Å². The van der Waals surface area contributed by atoms with Crippen molar-refractivity contribution >= 4 is 38.4 Å². The van der Waals surface area contributed by atoms with Crippen molar-refractivity contribution in [3.63, 3.8) is 0 Å². The van der Waals surface area contributed by atoms with Crippen LogP contribution in [0.2, 0.25) is 5.02 Å². The summed E-state index contributed by atoms with van der Waals surface area (Å²) >= 11 is 9.43. The Hall–Kier alpha value is -1.07. The van der Waals surface area contributed by atoms with Crippen molar-refractivity contribution in [3.8, 4) is 0 Å². The highest BCUT2D eigenvalue weighted by Crippen LogP contribution is 2.25. The first-order valence-electron chi connectivity index (χ1n) is 5.93. The molecule has 0 N–H and O–H groups in total. The van der Waals surface area contributed by atoms with E-state index in [2.05, 4.69) is 29.8 Å². The van der Waals surface area contributed by atoms with Gasteiger partial charge in [0.15, 0.2) is 0 Å². The van der Waals surface area contributed by atoms with E-state index in [1.807, 2.05) is 0 Å². The second-order valence-corrected chi connectivity index (χ2v) is 6.10. The fourth-order valence-corrected chi connectivity index (χ4v) is 2.78. The van der Waals surface area contributed by atoms with Gasteiger partial charge in [0.2, 0.25) is 0 Å². The van der Waals surface area contributed by atoms with Gasteiger partial charge < -0.3 is 4.42 Å². The molecule has 2 aromatic rings. The average molecular weight is 347 g/mol. The molecule has 0 aliphatic carbocycles. The standard InChI is InChI=1S/C13H13BrClNO3/c1-7(2)3-4-16-11-9(12(17)19-13(16)18)5-8(14)6-10(11)15/h5-7H,3-4H2,1-2H3. The fourth-order valence-electron chi connectivity index (χ4n) is 1.87. The Morgan fingerprint density at radius 2 is 2.05 bits per heavy atom. The lowest BCUT2D eigenvalue weighted by atomic mass is 10.1. The van der Waals surface area contributed by atoms with Crippen LogP contribution in [0.15, 0.2) is 30.6 Å². The molecule has 102 valence electrons. The van der Waals surface area contributed by atoms with Gasteiger partial charge in [-0.2, -0.15) is 0 Å². The average Bonchev–Trinajstić information content (AvgIpc) is 2.29. The van der Waals surface area contributed by atoms with Crippen LogP contribution in [0.25, 0.3) is 10.9 Å². The van der Waals surface area contributed by atoms with Gasteiger partial charge in [0, 0.05) is 11.0 Å². The van der Waals surface area contributed by atoms with Crippen molar-refractivity contribution in [3.05, 3.63) is 42.6 Å². The van der Waals surface area contributed by atoms with Crippen LogP contribution in [0.5, 0.6) is 0 Å². The Labute approximate surface area is 123 Å². The number of hydrogen-bond donors (Lipinski definition) is 0. The van der Waals surface area contributed by atoms with Crippen LogP contribution < -0.4 is 11.4 Å². The molecule has 6 heteroatoms. The number of hydrogen-bond acceptors (Lipinski definition) is 3. The first-order chi connectivity index (χ1) is 8.90. The fraction of sp³-hybridized carbons (Fsp3) is 0.385. The smallest absolute Gasteiger partial charge is 0.372 e. The lowest BCUT2D eigenvalue weighted by molar-refractivity contribution is 0.399. The quantitative estimate of drug-likeness (QED) is 0.855. The number of halogens is 2. The van der Waals surface area contributed by atoms with Crippen LogP contribution in [0.1, 0.15) is 20.3 Å². The molecule has 0 aliphatic heterocycles. The topological polar surface area (TPSA) is 52.2 Å². The van der Waals surface area contributed by atoms with Crippen LogP contribution in [0, 0.1) is 5.92 Å². The Balaban J connectivity index is 2.76. The molecule has 0 aliphatic rings. The number of aromatic nitrogens is 1. The molecule has 0 unspecified atom stereocenters. The largest absolute Gasteiger partial charge is 0.422 e. The molecule has 0 saturated heterocycles. The van der Waals surface area contributed by atoms with E-state index in [1.165, 1.54) is 4.57 Å². The van der Waals surface area contributed by atoms with Gasteiger partial charge in [-0.05, 0) is 24.5 Å². The highest BCUT2D eigenvalue weighted by molar-refractivity contribution is 9.10. The summed E-state index contributed by atoms with van der Waals surface area (Å²) in [4.78, 5) is 23.6. The second kappa shape index (κ2) is 5.51. The van der Waals surface area contributed by atoms with E-state index in [1.54, 1.807) is 12.1 Å². The third-order valence-corrected chi connectivity index (χ3v) is 3.59. The SMILES string of the molecule is CC(C)CCn1c(=O)oc(=O)c2cc(Br)cc(Cl)c21. The lowest BCUT2D eigenvalue weighted by Gasteiger charge is -2.11. The summed E-state index contributed by atoms with van der Waals surface area (Å²) in [6, 6.07) is 3.27. The van der Waals surface area contributed by atoms with Gasteiger partial charge in [0.25, 0.3) is 0 Å². The number of aryl methyl sites for hydroxylation is 1. The molecule has 19 heavy (non-hydrogen) atoms. The van der Waals surface area contributed by atoms with Gasteiger partial charge in [-0.1, -0.05) is 41.4 Å². The second-order valence-electron chi connectivity index (χ2n) is 4.77. The zero-order valence-corrected chi connectivity index (χ0v) is 12.9. The summed E-state index contributed by atoms with van der Waals surface area (Å²) in [5.74, 6) is -0.231. The zero-order valence-electron chi connectivity index (χ0n) is 10.6. The normalized spacial score (nSPS) is 11.4. The summed E-state index contributed by atoms with van der Waals surface area (Å²) < 4.78 is 6.83. The molecule has 0 radical (unpaired) electrons. The third-order valence-electron chi connectivity index (χ3n) is 2.85. The molecule has 4 nitrogen and oxygen atoms in total. The molecule has 0 bridgehead atoms. The van der Waals surface area contributed by atoms with Crippen molar-refractivity contribution in [2.24, 2.45) is 5.92 Å². The van der Waals surface area contributed by atoms with Crippen LogP contribution in [-0.4, -0.2) is 4.57 Å². The van der Waals surface area contributed by atoms with Crippen molar-refractivity contribution in [1.29, 1.82) is 0 Å². The monoisotopic (exact) mass is 345 g/mol. The van der Waals surface area contributed by atoms with Gasteiger partial charge in [-0.3, -0.25) is 4.57 Å². The van der Waals surface area contributed by atoms with Gasteiger partial charge in [0.05, 0.1) is 15.9 Å². The van der Waals surface area contributed by atoms with Crippen molar-refractivity contribution in [2.45, 2.75) is 26.8 Å². The Kier molecular flexibility index (Phi) is 4.16. The molecule has 2 rings (SSSR count).